The fourth-order valence-corrected chi connectivity index (χ4v) is 6.90. The lowest BCUT2D eigenvalue weighted by Crippen LogP contribution is -2.34. The number of fused-ring (bicyclic) bond motifs is 1. The zero-order chi connectivity index (χ0) is 26.8. The number of benzene rings is 2. The maximum atomic E-state index is 13.0. The number of sulfonamides is 2. The molecule has 1 aliphatic rings. The van der Waals surface area contributed by atoms with Gasteiger partial charge in [0.25, 0.3) is 5.91 Å². The summed E-state index contributed by atoms with van der Waals surface area (Å²) >= 11 is 1.14. The maximum absolute atomic E-state index is 13.0. The van der Waals surface area contributed by atoms with E-state index >= 15 is 0 Å². The van der Waals surface area contributed by atoms with Crippen molar-refractivity contribution in [3.8, 4) is 0 Å². The summed E-state index contributed by atoms with van der Waals surface area (Å²) in [6, 6.07) is 10.1. The van der Waals surface area contributed by atoms with Crippen molar-refractivity contribution in [3.63, 3.8) is 0 Å². The molecule has 3 aromatic rings. The van der Waals surface area contributed by atoms with Gasteiger partial charge in [-0.1, -0.05) is 11.3 Å². The Bertz CT molecular complexity index is 1570. The van der Waals surface area contributed by atoms with Crippen LogP contribution in [0.4, 0.5) is 0 Å². The molecule has 1 fully saturated rings. The Morgan fingerprint density at radius 3 is 2.51 bits per heavy atom. The van der Waals surface area contributed by atoms with Crippen LogP contribution in [0.2, 0.25) is 0 Å². The van der Waals surface area contributed by atoms with Crippen molar-refractivity contribution in [1.29, 1.82) is 0 Å². The molecule has 0 radical (unpaired) electrons. The molecule has 2 heterocycles. The van der Waals surface area contributed by atoms with Gasteiger partial charge in [0, 0.05) is 39.4 Å². The van der Waals surface area contributed by atoms with Crippen molar-refractivity contribution in [2.45, 2.75) is 35.3 Å². The standard InChI is InChI=1S/C23H28N4O7S3/c1-26(15-17-4-3-12-34-17)37(31,32)18-7-5-16(6-8-18)22(28)25-23-27(11-13-33-2)20-10-9-19(36(24,29)30)14-21(20)35-23/h5-10,14,17H,3-4,11-13,15H2,1-2H3,(H2,24,29,30). The monoisotopic (exact) mass is 568 g/mol. The second-order valence-corrected chi connectivity index (χ2v) is 13.2. The molecule has 1 unspecified atom stereocenters. The van der Waals surface area contributed by atoms with Gasteiger partial charge in [-0.3, -0.25) is 4.79 Å². The molecule has 0 bridgehead atoms. The highest BCUT2D eigenvalue weighted by molar-refractivity contribution is 7.89. The molecule has 37 heavy (non-hydrogen) atoms. The molecule has 1 amide bonds. The van der Waals surface area contributed by atoms with Crippen LogP contribution in [0.25, 0.3) is 10.2 Å². The number of amides is 1. The SMILES string of the molecule is COCCn1c(=NC(=O)c2ccc(S(=O)(=O)N(C)CC3CCCO3)cc2)sc2cc(S(N)(=O)=O)ccc21. The van der Waals surface area contributed by atoms with Crippen LogP contribution in [0, 0.1) is 0 Å². The normalized spacial score (nSPS) is 17.2. The molecule has 1 aliphatic heterocycles. The molecule has 0 aliphatic carbocycles. The number of likely N-dealkylation sites (N-methyl/N-ethyl adjacent to an activating group) is 1. The maximum Gasteiger partial charge on any atom is 0.279 e. The predicted molar refractivity (Wildman–Crippen MR) is 138 cm³/mol. The van der Waals surface area contributed by atoms with Crippen LogP contribution in [-0.2, 0) is 36.1 Å². The zero-order valence-corrected chi connectivity index (χ0v) is 22.8. The van der Waals surface area contributed by atoms with Crippen molar-refractivity contribution in [2.24, 2.45) is 10.1 Å². The van der Waals surface area contributed by atoms with Crippen LogP contribution >= 0.6 is 11.3 Å². The molecule has 1 saturated heterocycles. The highest BCUT2D eigenvalue weighted by atomic mass is 32.2. The van der Waals surface area contributed by atoms with E-state index in [4.69, 9.17) is 14.6 Å². The topological polar surface area (TPSA) is 150 Å². The fourth-order valence-electron chi connectivity index (χ4n) is 3.99. The number of rotatable bonds is 9. The summed E-state index contributed by atoms with van der Waals surface area (Å²) in [5.41, 5.74) is 0.887. The predicted octanol–water partition coefficient (Wildman–Crippen LogP) is 1.54. The van der Waals surface area contributed by atoms with Crippen LogP contribution in [0.5, 0.6) is 0 Å². The Morgan fingerprint density at radius 1 is 1.19 bits per heavy atom. The molecule has 2 N–H and O–H groups in total. The molecule has 2 aromatic carbocycles. The van der Waals surface area contributed by atoms with E-state index in [0.717, 1.165) is 24.2 Å². The number of carbonyl (C=O) groups is 1. The van der Waals surface area contributed by atoms with Gasteiger partial charge in [-0.05, 0) is 55.3 Å². The number of thiazole rings is 1. The van der Waals surface area contributed by atoms with E-state index in [1.54, 1.807) is 17.7 Å². The van der Waals surface area contributed by atoms with Crippen molar-refractivity contribution in [1.82, 2.24) is 8.87 Å². The molecule has 14 heteroatoms. The smallest absolute Gasteiger partial charge is 0.279 e. The van der Waals surface area contributed by atoms with Crippen LogP contribution in [0.3, 0.4) is 0 Å². The number of primary sulfonamides is 1. The fraction of sp³-hybridized carbons (Fsp3) is 0.391. The molecule has 1 atom stereocenters. The summed E-state index contributed by atoms with van der Waals surface area (Å²) in [5.74, 6) is -0.568. The molecule has 0 spiro atoms. The highest BCUT2D eigenvalue weighted by Crippen LogP contribution is 2.22. The Labute approximate surface area is 219 Å². The lowest BCUT2D eigenvalue weighted by molar-refractivity contribution is 0.0979. The Balaban J connectivity index is 1.63. The first-order valence-electron chi connectivity index (χ1n) is 11.4. The van der Waals surface area contributed by atoms with Gasteiger partial charge < -0.3 is 14.0 Å². The third-order valence-corrected chi connectivity index (χ3v) is 9.78. The van der Waals surface area contributed by atoms with Crippen LogP contribution < -0.4 is 9.94 Å². The van der Waals surface area contributed by atoms with Crippen molar-refractivity contribution >= 4 is 47.5 Å². The summed E-state index contributed by atoms with van der Waals surface area (Å²) in [6.07, 6.45) is 1.61. The quantitative estimate of drug-likeness (QED) is 0.411. The molecular formula is C23H28N4O7S3. The zero-order valence-electron chi connectivity index (χ0n) is 20.4. The van der Waals surface area contributed by atoms with Crippen LogP contribution in [-0.4, -0.2) is 71.6 Å². The van der Waals surface area contributed by atoms with E-state index < -0.39 is 26.0 Å². The number of carbonyl (C=O) groups excluding carboxylic acids is 1. The average molecular weight is 569 g/mol. The van der Waals surface area contributed by atoms with Gasteiger partial charge in [0.15, 0.2) is 4.80 Å². The van der Waals surface area contributed by atoms with Gasteiger partial charge in [0.05, 0.1) is 32.7 Å². The van der Waals surface area contributed by atoms with Crippen molar-refractivity contribution in [3.05, 3.63) is 52.8 Å². The second kappa shape index (κ2) is 11.1. The number of hydrogen-bond acceptors (Lipinski definition) is 8. The first-order valence-corrected chi connectivity index (χ1v) is 15.2. The van der Waals surface area contributed by atoms with Crippen molar-refractivity contribution in [2.75, 3.05) is 33.9 Å². The molecule has 11 nitrogen and oxygen atoms in total. The van der Waals surface area contributed by atoms with Gasteiger partial charge in [-0.25, -0.2) is 22.0 Å². The Morgan fingerprint density at radius 2 is 1.89 bits per heavy atom. The van der Waals surface area contributed by atoms with Gasteiger partial charge in [-0.2, -0.15) is 9.30 Å². The molecule has 1 aromatic heterocycles. The van der Waals surface area contributed by atoms with Crippen LogP contribution in [0.15, 0.2) is 57.2 Å². The summed E-state index contributed by atoms with van der Waals surface area (Å²) in [6.45, 7) is 1.62. The molecular weight excluding hydrogens is 540 g/mol. The minimum atomic E-state index is -3.89. The average Bonchev–Trinajstić information content (AvgIpc) is 3.49. The van der Waals surface area contributed by atoms with Gasteiger partial charge >= 0.3 is 0 Å². The lowest BCUT2D eigenvalue weighted by Gasteiger charge is -2.20. The molecule has 200 valence electrons. The largest absolute Gasteiger partial charge is 0.383 e. The Kier molecular flexibility index (Phi) is 8.28. The molecule has 4 rings (SSSR count). The number of methoxy groups -OCH3 is 1. The summed E-state index contributed by atoms with van der Waals surface area (Å²) in [5, 5.41) is 5.25. The van der Waals surface area contributed by atoms with Gasteiger partial charge in [0.2, 0.25) is 20.0 Å². The number of ether oxygens (including phenoxy) is 2. The third-order valence-electron chi connectivity index (χ3n) is 5.99. The highest BCUT2D eigenvalue weighted by Gasteiger charge is 2.26. The summed E-state index contributed by atoms with van der Waals surface area (Å²) < 4.78 is 63.7. The van der Waals surface area contributed by atoms with E-state index in [1.165, 1.54) is 47.8 Å². The minimum absolute atomic E-state index is 0.0423. The van der Waals surface area contributed by atoms with Crippen LogP contribution in [0.1, 0.15) is 23.2 Å². The van der Waals surface area contributed by atoms with Gasteiger partial charge in [0.1, 0.15) is 0 Å². The van der Waals surface area contributed by atoms with E-state index in [-0.39, 0.29) is 28.0 Å². The van der Waals surface area contributed by atoms with E-state index in [2.05, 4.69) is 4.99 Å². The van der Waals surface area contributed by atoms with E-state index in [9.17, 15) is 21.6 Å². The summed E-state index contributed by atoms with van der Waals surface area (Å²) in [4.78, 5) is 17.6. The number of hydrogen-bond donors (Lipinski definition) is 1. The summed E-state index contributed by atoms with van der Waals surface area (Å²) in [7, 11) is -4.58. The minimum Gasteiger partial charge on any atom is -0.383 e. The first kappa shape index (κ1) is 27.6. The first-order chi connectivity index (χ1) is 17.5. The molecule has 0 saturated carbocycles. The van der Waals surface area contributed by atoms with Gasteiger partial charge in [-0.15, -0.1) is 0 Å². The number of aromatic nitrogens is 1. The number of nitrogens with two attached hydrogens (primary N) is 1. The number of nitrogens with zero attached hydrogens (tertiary/aromatic N) is 3. The lowest BCUT2D eigenvalue weighted by atomic mass is 10.2. The second-order valence-electron chi connectivity index (χ2n) is 8.57. The van der Waals surface area contributed by atoms with Crippen molar-refractivity contribution < 1.29 is 31.1 Å². The Hall–Kier alpha value is -2.46. The third kappa shape index (κ3) is 6.17. The van der Waals surface area contributed by atoms with E-state index in [1.807, 2.05) is 0 Å². The van der Waals surface area contributed by atoms with E-state index in [0.29, 0.717) is 34.8 Å².